The average Bonchev–Trinajstić information content (AvgIpc) is 3.16. The first kappa shape index (κ1) is 45.3. The number of aliphatic hydroxyl groups is 2. The number of hydrogen-bond acceptors (Lipinski definition) is 14. The van der Waals surface area contributed by atoms with Crippen molar-refractivity contribution in [3.63, 3.8) is 0 Å². The summed E-state index contributed by atoms with van der Waals surface area (Å²) < 4.78 is 32.1. The summed E-state index contributed by atoms with van der Waals surface area (Å²) in [6, 6.07) is 6.50. The van der Waals surface area contributed by atoms with E-state index < -0.39 is 77.3 Å². The molecule has 0 aliphatic carbocycles. The fourth-order valence-corrected chi connectivity index (χ4v) is 7.91. The molecule has 3 saturated heterocycles. The minimum atomic E-state index is -1.83. The van der Waals surface area contributed by atoms with Gasteiger partial charge in [0.15, 0.2) is 12.1 Å². The number of amides is 1. The number of fused-ring (bicyclic) bond motifs is 5. The number of ketones is 1. The van der Waals surface area contributed by atoms with Crippen molar-refractivity contribution < 1.29 is 57.9 Å². The van der Waals surface area contributed by atoms with Crippen LogP contribution in [-0.2, 0) is 49.5 Å². The van der Waals surface area contributed by atoms with Crippen LogP contribution in [0.3, 0.4) is 0 Å². The molecule has 15 heteroatoms. The number of oxime groups is 1. The highest BCUT2D eigenvalue weighted by Crippen LogP contribution is 2.39. The molecule has 0 spiro atoms. The number of carbonyl (C=O) groups is 4. The van der Waals surface area contributed by atoms with E-state index in [-0.39, 0.29) is 56.9 Å². The van der Waals surface area contributed by atoms with Gasteiger partial charge in [-0.3, -0.25) is 19.2 Å². The number of cyclic esters (lactones) is 1. The van der Waals surface area contributed by atoms with E-state index in [1.807, 2.05) is 32.8 Å². The Morgan fingerprint density at radius 2 is 1.77 bits per heavy atom. The molecule has 3 aliphatic rings. The largest absolute Gasteiger partial charge is 0.459 e. The topological polar surface area (TPSA) is 192 Å². The molecule has 2 bridgehead atoms. The fraction of sp³-hybridized carbons (Fsp3) is 0.707. The van der Waals surface area contributed by atoms with Gasteiger partial charge in [-0.05, 0) is 72.5 Å². The lowest BCUT2D eigenvalue weighted by atomic mass is 9.76. The van der Waals surface area contributed by atoms with Gasteiger partial charge in [-0.2, -0.15) is 0 Å². The Labute approximate surface area is 330 Å². The molecule has 3 fully saturated rings. The van der Waals surface area contributed by atoms with Crippen LogP contribution in [0.1, 0.15) is 97.0 Å². The van der Waals surface area contributed by atoms with Crippen molar-refractivity contribution in [1.82, 2.24) is 4.90 Å². The van der Waals surface area contributed by atoms with Gasteiger partial charge in [0.25, 0.3) is 0 Å². The third kappa shape index (κ3) is 10.9. The molecule has 0 radical (unpaired) electrons. The van der Waals surface area contributed by atoms with Crippen LogP contribution in [0.5, 0.6) is 0 Å². The van der Waals surface area contributed by atoms with Crippen LogP contribution in [0.15, 0.2) is 34.4 Å². The summed E-state index contributed by atoms with van der Waals surface area (Å²) in [5, 5.41) is 28.2. The summed E-state index contributed by atoms with van der Waals surface area (Å²) in [6.07, 6.45) is -4.37. The number of ether oxygens (including phenoxy) is 5. The second-order valence-corrected chi connectivity index (χ2v) is 16.2. The molecule has 15 nitrogen and oxygen atoms in total. The number of nitrogens with zero attached hydrogens (tertiary/aromatic N) is 3. The molecule has 1 amide bonds. The van der Waals surface area contributed by atoms with Gasteiger partial charge < -0.3 is 43.6 Å². The molecule has 12 atom stereocenters. The van der Waals surface area contributed by atoms with Crippen molar-refractivity contribution in [3.8, 4) is 0 Å². The van der Waals surface area contributed by atoms with E-state index in [0.717, 1.165) is 11.8 Å². The summed E-state index contributed by atoms with van der Waals surface area (Å²) >= 11 is 0. The maximum Gasteiger partial charge on any atom is 0.316 e. The lowest BCUT2D eigenvalue weighted by molar-refractivity contribution is -0.296. The monoisotopic (exact) mass is 787 g/mol. The number of aldehydes is 1. The predicted molar refractivity (Wildman–Crippen MR) is 206 cm³/mol. The van der Waals surface area contributed by atoms with E-state index >= 15 is 0 Å². The second kappa shape index (κ2) is 19.3. The highest BCUT2D eigenvalue weighted by Gasteiger charge is 2.51. The van der Waals surface area contributed by atoms with Crippen molar-refractivity contribution in [2.45, 2.75) is 142 Å². The average molecular weight is 788 g/mol. The highest BCUT2D eigenvalue weighted by molar-refractivity contribution is 6.00. The maximum absolute atomic E-state index is 14.4. The zero-order valence-corrected chi connectivity index (χ0v) is 34.4. The van der Waals surface area contributed by atoms with E-state index in [9.17, 15) is 29.4 Å². The Morgan fingerprint density at radius 1 is 1.09 bits per heavy atom. The zero-order valence-electron chi connectivity index (χ0n) is 34.4. The van der Waals surface area contributed by atoms with Gasteiger partial charge in [0.2, 0.25) is 5.91 Å². The highest BCUT2D eigenvalue weighted by atomic mass is 16.7. The lowest BCUT2D eigenvalue weighted by Gasteiger charge is -2.47. The van der Waals surface area contributed by atoms with Crippen LogP contribution >= 0.6 is 0 Å². The molecule has 0 aromatic heterocycles. The molecule has 1 aromatic rings. The quantitative estimate of drug-likeness (QED) is 0.168. The molecule has 3 heterocycles. The first-order valence-corrected chi connectivity index (χ1v) is 19.5. The molecule has 0 unspecified atom stereocenters. The first-order valence-electron chi connectivity index (χ1n) is 19.5. The third-order valence-corrected chi connectivity index (χ3v) is 11.3. The standard InChI is InChI=1S/C41H61N3O12/c1-11-33-41(8,50)34-17-31(42-27(6)46)23(2)18-40(7,52-22-30(21-51-34)43-53-20-29-14-12-28(19-45)13-15-29)37(25(4)35(47)26(5)38(49)55-33)56-39-36(48)32(44(9)10)16-24(3)54-39/h12-15,19,23-26,32-34,36-37,39,48,50H,11,16-18,20-22H2,1-10H3/b42-31?,43-30-/t23-,24-,25+,26-,32+,33-,34-,36-,37-,39+,40-,41-/m1/s1. The Bertz CT molecular complexity index is 1600. The maximum atomic E-state index is 14.4. The normalized spacial score (nSPS) is 38.0. The summed E-state index contributed by atoms with van der Waals surface area (Å²) in [5.74, 6) is -4.60. The van der Waals surface area contributed by atoms with Gasteiger partial charge in [0.1, 0.15) is 42.3 Å². The Kier molecular flexibility index (Phi) is 15.6. The van der Waals surface area contributed by atoms with Gasteiger partial charge in [0, 0.05) is 36.6 Å². The van der Waals surface area contributed by atoms with Gasteiger partial charge >= 0.3 is 5.97 Å². The molecule has 3 aliphatic heterocycles. The second-order valence-electron chi connectivity index (χ2n) is 16.2. The Morgan fingerprint density at radius 3 is 2.38 bits per heavy atom. The van der Waals surface area contributed by atoms with Crippen molar-refractivity contribution in [3.05, 3.63) is 35.4 Å². The van der Waals surface area contributed by atoms with Crippen LogP contribution < -0.4 is 0 Å². The minimum Gasteiger partial charge on any atom is -0.459 e. The van der Waals surface area contributed by atoms with Gasteiger partial charge in [-0.15, -0.1) is 0 Å². The SMILES string of the molecule is CC[C@H]1OC(=O)[C@H](C)C(=O)[C@H](C)[C@@H](O[C@@H]2O[C@H](C)C[C@H](N(C)C)[C@H]2O)[C@@]2(C)C[C@@H](C)C(=NC(C)=O)C[C@@H](OC/C(=N/OCc3ccc(C=O)cc3)CO2)[C@]1(C)O. The van der Waals surface area contributed by atoms with E-state index in [0.29, 0.717) is 17.7 Å². The van der Waals surface area contributed by atoms with Gasteiger partial charge in [-0.1, -0.05) is 50.2 Å². The Hall–Kier alpha value is -3.44. The number of esters is 1. The van der Waals surface area contributed by atoms with Gasteiger partial charge in [-0.25, -0.2) is 4.99 Å². The predicted octanol–water partition coefficient (Wildman–Crippen LogP) is 3.69. The fourth-order valence-electron chi connectivity index (χ4n) is 7.91. The molecule has 4 rings (SSSR count). The number of carbonyl (C=O) groups excluding carboxylic acids is 4. The number of aliphatic imine (C=N–C) groups is 1. The molecule has 312 valence electrons. The number of Topliss-reactive ketones (excluding diaryl/α,β-unsaturated/α-hetero) is 1. The van der Waals surface area contributed by atoms with E-state index in [4.69, 9.17) is 28.5 Å². The number of likely N-dealkylation sites (N-methyl/N-ethyl adjacent to an activating group) is 1. The third-order valence-electron chi connectivity index (χ3n) is 11.3. The number of benzene rings is 1. The summed E-state index contributed by atoms with van der Waals surface area (Å²) in [5.41, 5.74) is -1.28. The van der Waals surface area contributed by atoms with E-state index in [1.165, 1.54) is 20.8 Å². The minimum absolute atomic E-state index is 0.0306. The van der Waals surface area contributed by atoms with Crippen molar-refractivity contribution in [2.75, 3.05) is 27.3 Å². The van der Waals surface area contributed by atoms with E-state index in [2.05, 4.69) is 10.1 Å². The molecule has 2 N–H and O–H groups in total. The number of hydrogen-bond donors (Lipinski definition) is 2. The zero-order chi connectivity index (χ0) is 41.5. The first-order chi connectivity index (χ1) is 26.3. The van der Waals surface area contributed by atoms with Crippen molar-refractivity contribution >= 4 is 35.4 Å². The van der Waals surface area contributed by atoms with Crippen LogP contribution in [0.25, 0.3) is 0 Å². The molecule has 56 heavy (non-hydrogen) atoms. The van der Waals surface area contributed by atoms with Crippen LogP contribution in [-0.4, -0.2) is 132 Å². The number of rotatable bonds is 8. The number of aliphatic hydroxyl groups excluding tert-OH is 1. The molecule has 1 aromatic carbocycles. The summed E-state index contributed by atoms with van der Waals surface area (Å²) in [4.78, 5) is 64.0. The van der Waals surface area contributed by atoms with E-state index in [1.54, 1.807) is 45.0 Å². The summed E-state index contributed by atoms with van der Waals surface area (Å²) in [6.45, 7) is 12.8. The van der Waals surface area contributed by atoms with Gasteiger partial charge in [0.05, 0.1) is 37.1 Å². The molecular formula is C41H61N3O12. The van der Waals surface area contributed by atoms with Crippen LogP contribution in [0.4, 0.5) is 0 Å². The van der Waals surface area contributed by atoms with Crippen LogP contribution in [0.2, 0.25) is 0 Å². The van der Waals surface area contributed by atoms with Crippen LogP contribution in [0, 0.1) is 17.8 Å². The smallest absolute Gasteiger partial charge is 0.316 e. The molecule has 0 saturated carbocycles. The molecular weight excluding hydrogens is 726 g/mol. The summed E-state index contributed by atoms with van der Waals surface area (Å²) in [7, 11) is 3.71. The van der Waals surface area contributed by atoms with Crippen molar-refractivity contribution in [2.24, 2.45) is 27.9 Å². The Balaban J connectivity index is 1.89. The van der Waals surface area contributed by atoms with Crippen molar-refractivity contribution in [1.29, 1.82) is 0 Å². The lowest BCUT2D eigenvalue weighted by Crippen LogP contribution is -2.59.